The van der Waals surface area contributed by atoms with E-state index in [-0.39, 0.29) is 12.0 Å². The number of carbonyl (C=O) groups is 1. The fourth-order valence-electron chi connectivity index (χ4n) is 1.92. The third-order valence-corrected chi connectivity index (χ3v) is 2.90. The Hall–Kier alpha value is -0.570. The van der Waals surface area contributed by atoms with E-state index in [0.29, 0.717) is 5.92 Å². The van der Waals surface area contributed by atoms with Gasteiger partial charge >= 0.3 is 0 Å². The van der Waals surface area contributed by atoms with Crippen LogP contribution < -0.4 is 0 Å². The normalized spacial score (nSPS) is 26.7. The number of likely N-dealkylation sites (tertiary alicyclic amines) is 1. The first-order valence-electron chi connectivity index (χ1n) is 5.05. The molecule has 0 aromatic carbocycles. The lowest BCUT2D eigenvalue weighted by Gasteiger charge is -2.19. The molecule has 13 heavy (non-hydrogen) atoms. The maximum Gasteiger partial charge on any atom is 0.219 e. The van der Waals surface area contributed by atoms with Crippen LogP contribution in [0.1, 0.15) is 33.1 Å². The monoisotopic (exact) mass is 185 g/mol. The van der Waals surface area contributed by atoms with Crippen LogP contribution in [0.3, 0.4) is 0 Å². The average molecular weight is 185 g/mol. The Morgan fingerprint density at radius 2 is 2.15 bits per heavy atom. The molecule has 0 spiro atoms. The zero-order valence-electron chi connectivity index (χ0n) is 8.49. The van der Waals surface area contributed by atoms with Gasteiger partial charge in [0.2, 0.25) is 5.91 Å². The van der Waals surface area contributed by atoms with Crippen molar-refractivity contribution in [2.45, 2.75) is 39.2 Å². The topological polar surface area (TPSA) is 40.5 Å². The van der Waals surface area contributed by atoms with Crippen molar-refractivity contribution in [1.29, 1.82) is 0 Å². The minimum atomic E-state index is -0.230. The van der Waals surface area contributed by atoms with Crippen LogP contribution in [0.5, 0.6) is 0 Å². The molecule has 2 unspecified atom stereocenters. The third-order valence-electron chi connectivity index (χ3n) is 2.90. The first-order valence-corrected chi connectivity index (χ1v) is 5.05. The Balaban J connectivity index is 2.44. The van der Waals surface area contributed by atoms with Crippen LogP contribution >= 0.6 is 0 Å². The summed E-state index contributed by atoms with van der Waals surface area (Å²) in [6, 6.07) is 0. The number of rotatable bonds is 1. The molecule has 3 nitrogen and oxygen atoms in total. The van der Waals surface area contributed by atoms with Crippen molar-refractivity contribution in [3.05, 3.63) is 0 Å². The van der Waals surface area contributed by atoms with Crippen molar-refractivity contribution in [2.75, 3.05) is 13.1 Å². The SMILES string of the molecule is CC(=O)N1CCCC(C(C)O)CC1. The van der Waals surface area contributed by atoms with Gasteiger partial charge in [-0.05, 0) is 32.1 Å². The molecule has 1 heterocycles. The lowest BCUT2D eigenvalue weighted by atomic mass is 9.96. The summed E-state index contributed by atoms with van der Waals surface area (Å²) >= 11 is 0. The molecule has 2 atom stereocenters. The molecule has 0 aromatic heterocycles. The van der Waals surface area contributed by atoms with Crippen LogP contribution in [-0.4, -0.2) is 35.1 Å². The van der Waals surface area contributed by atoms with Gasteiger partial charge in [0.25, 0.3) is 0 Å². The fourth-order valence-corrected chi connectivity index (χ4v) is 1.92. The molecule has 1 N–H and O–H groups in total. The minimum Gasteiger partial charge on any atom is -0.393 e. The molecule has 1 saturated heterocycles. The van der Waals surface area contributed by atoms with Crippen molar-refractivity contribution < 1.29 is 9.90 Å². The predicted octanol–water partition coefficient (Wildman–Crippen LogP) is 1.02. The number of amides is 1. The van der Waals surface area contributed by atoms with Crippen LogP contribution in [0.25, 0.3) is 0 Å². The van der Waals surface area contributed by atoms with Crippen molar-refractivity contribution >= 4 is 5.91 Å². The molecular weight excluding hydrogens is 166 g/mol. The van der Waals surface area contributed by atoms with Crippen molar-refractivity contribution in [1.82, 2.24) is 4.90 Å². The quantitative estimate of drug-likeness (QED) is 0.662. The Bertz CT molecular complexity index is 180. The van der Waals surface area contributed by atoms with Crippen molar-refractivity contribution in [3.8, 4) is 0 Å². The maximum absolute atomic E-state index is 11.1. The van der Waals surface area contributed by atoms with E-state index in [2.05, 4.69) is 0 Å². The van der Waals surface area contributed by atoms with Gasteiger partial charge in [0.05, 0.1) is 6.10 Å². The highest BCUT2D eigenvalue weighted by molar-refractivity contribution is 5.73. The smallest absolute Gasteiger partial charge is 0.219 e. The molecule has 76 valence electrons. The van der Waals surface area contributed by atoms with E-state index in [4.69, 9.17) is 0 Å². The van der Waals surface area contributed by atoms with Crippen molar-refractivity contribution in [3.63, 3.8) is 0 Å². The van der Waals surface area contributed by atoms with Gasteiger partial charge in [0.1, 0.15) is 0 Å². The highest BCUT2D eigenvalue weighted by atomic mass is 16.3. The van der Waals surface area contributed by atoms with Crippen molar-refractivity contribution in [2.24, 2.45) is 5.92 Å². The van der Waals surface area contributed by atoms with Crippen LogP contribution in [0.4, 0.5) is 0 Å². The van der Waals surface area contributed by atoms with Gasteiger partial charge in [0, 0.05) is 20.0 Å². The Kier molecular flexibility index (Phi) is 3.72. The van der Waals surface area contributed by atoms with Crippen LogP contribution in [0.15, 0.2) is 0 Å². The van der Waals surface area contributed by atoms with Gasteiger partial charge < -0.3 is 10.0 Å². The Morgan fingerprint density at radius 1 is 1.46 bits per heavy atom. The molecule has 0 saturated carbocycles. The number of carbonyl (C=O) groups excluding carboxylic acids is 1. The molecule has 3 heteroatoms. The number of hydrogen-bond acceptors (Lipinski definition) is 2. The van der Waals surface area contributed by atoms with Gasteiger partial charge in [-0.1, -0.05) is 0 Å². The summed E-state index contributed by atoms with van der Waals surface area (Å²) in [7, 11) is 0. The van der Waals surface area contributed by atoms with E-state index in [1.807, 2.05) is 11.8 Å². The second-order valence-electron chi connectivity index (χ2n) is 3.94. The van der Waals surface area contributed by atoms with E-state index in [1.54, 1.807) is 6.92 Å². The highest BCUT2D eigenvalue weighted by Gasteiger charge is 2.21. The molecule has 1 aliphatic heterocycles. The Labute approximate surface area is 79.7 Å². The molecule has 1 amide bonds. The molecular formula is C10H19NO2. The summed E-state index contributed by atoms with van der Waals surface area (Å²) in [5.74, 6) is 0.538. The zero-order valence-corrected chi connectivity index (χ0v) is 8.49. The summed E-state index contributed by atoms with van der Waals surface area (Å²) in [6.45, 7) is 5.13. The van der Waals surface area contributed by atoms with Gasteiger partial charge in [-0.25, -0.2) is 0 Å². The van der Waals surface area contributed by atoms with E-state index in [0.717, 1.165) is 32.4 Å². The second kappa shape index (κ2) is 4.61. The van der Waals surface area contributed by atoms with Gasteiger partial charge in [-0.3, -0.25) is 4.79 Å². The number of nitrogens with zero attached hydrogens (tertiary/aromatic N) is 1. The maximum atomic E-state index is 11.1. The number of aliphatic hydroxyl groups excluding tert-OH is 1. The standard InChI is InChI=1S/C10H19NO2/c1-8(12)10-4-3-6-11(7-5-10)9(2)13/h8,10,12H,3-7H2,1-2H3. The third kappa shape index (κ3) is 2.99. The lowest BCUT2D eigenvalue weighted by Crippen LogP contribution is -2.30. The summed E-state index contributed by atoms with van der Waals surface area (Å²) in [5.41, 5.74) is 0. The summed E-state index contributed by atoms with van der Waals surface area (Å²) in [5, 5.41) is 9.42. The summed E-state index contributed by atoms with van der Waals surface area (Å²) in [4.78, 5) is 13.0. The van der Waals surface area contributed by atoms with Crippen LogP contribution in [0.2, 0.25) is 0 Å². The largest absolute Gasteiger partial charge is 0.393 e. The highest BCUT2D eigenvalue weighted by Crippen LogP contribution is 2.20. The predicted molar refractivity (Wildman–Crippen MR) is 51.3 cm³/mol. The zero-order chi connectivity index (χ0) is 9.84. The van der Waals surface area contributed by atoms with E-state index in [1.165, 1.54) is 0 Å². The minimum absolute atomic E-state index is 0.159. The number of hydrogen-bond donors (Lipinski definition) is 1. The first-order chi connectivity index (χ1) is 6.11. The Morgan fingerprint density at radius 3 is 2.69 bits per heavy atom. The number of aliphatic hydroxyl groups is 1. The summed E-state index contributed by atoms with van der Waals surface area (Å²) < 4.78 is 0. The lowest BCUT2D eigenvalue weighted by molar-refractivity contribution is -0.128. The van der Waals surface area contributed by atoms with Crippen LogP contribution in [-0.2, 0) is 4.79 Å². The molecule has 1 aliphatic rings. The first kappa shape index (κ1) is 10.5. The van der Waals surface area contributed by atoms with Gasteiger partial charge in [0.15, 0.2) is 0 Å². The molecule has 1 rings (SSSR count). The summed E-state index contributed by atoms with van der Waals surface area (Å²) in [6.07, 6.45) is 2.78. The molecule has 0 aromatic rings. The van der Waals surface area contributed by atoms with E-state index >= 15 is 0 Å². The van der Waals surface area contributed by atoms with Crippen LogP contribution in [0, 0.1) is 5.92 Å². The molecule has 0 bridgehead atoms. The fraction of sp³-hybridized carbons (Fsp3) is 0.900. The van der Waals surface area contributed by atoms with Gasteiger partial charge in [-0.2, -0.15) is 0 Å². The molecule has 1 fully saturated rings. The van der Waals surface area contributed by atoms with Gasteiger partial charge in [-0.15, -0.1) is 0 Å². The average Bonchev–Trinajstić information content (AvgIpc) is 2.27. The van der Waals surface area contributed by atoms with E-state index in [9.17, 15) is 9.90 Å². The van der Waals surface area contributed by atoms with E-state index < -0.39 is 0 Å². The molecule has 0 radical (unpaired) electrons. The second-order valence-corrected chi connectivity index (χ2v) is 3.94. The molecule has 0 aliphatic carbocycles.